The molecule has 0 fully saturated rings. The van der Waals surface area contributed by atoms with E-state index >= 15 is 0 Å². The van der Waals surface area contributed by atoms with Crippen LogP contribution < -0.4 is 4.90 Å². The van der Waals surface area contributed by atoms with Crippen LogP contribution in [-0.4, -0.2) is 17.0 Å². The Kier molecular flexibility index (Phi) is 4.16. The van der Waals surface area contributed by atoms with Crippen LogP contribution in [0.15, 0.2) is 30.3 Å². The normalized spacial score (nSPS) is 11.5. The zero-order chi connectivity index (χ0) is 15.6. The van der Waals surface area contributed by atoms with Crippen LogP contribution in [0.25, 0.3) is 0 Å². The van der Waals surface area contributed by atoms with Crippen molar-refractivity contribution in [2.75, 3.05) is 11.9 Å². The fourth-order valence-corrected chi connectivity index (χ4v) is 2.14. The monoisotopic (exact) mass is 295 g/mol. The molecular formula is C15H16F3N3. The van der Waals surface area contributed by atoms with Crippen LogP contribution in [0.1, 0.15) is 22.5 Å². The predicted molar refractivity (Wildman–Crippen MR) is 75.1 cm³/mol. The van der Waals surface area contributed by atoms with E-state index < -0.39 is 11.7 Å². The van der Waals surface area contributed by atoms with Crippen LogP contribution in [0.3, 0.4) is 0 Å². The third kappa shape index (κ3) is 3.71. The van der Waals surface area contributed by atoms with Crippen LogP contribution >= 0.6 is 0 Å². The lowest BCUT2D eigenvalue weighted by molar-refractivity contribution is -0.138. The molecule has 0 radical (unpaired) electrons. The maximum Gasteiger partial charge on any atom is 0.416 e. The molecule has 1 aromatic heterocycles. The Balaban J connectivity index is 2.30. The summed E-state index contributed by atoms with van der Waals surface area (Å²) in [6, 6.07) is 7.37. The van der Waals surface area contributed by atoms with E-state index in [0.29, 0.717) is 5.95 Å². The Morgan fingerprint density at radius 1 is 1.05 bits per heavy atom. The van der Waals surface area contributed by atoms with Crippen LogP contribution in [0, 0.1) is 13.8 Å². The van der Waals surface area contributed by atoms with Gasteiger partial charge in [-0.2, -0.15) is 13.2 Å². The Hall–Kier alpha value is -2.11. The topological polar surface area (TPSA) is 29.0 Å². The summed E-state index contributed by atoms with van der Waals surface area (Å²) in [5.41, 5.74) is 1.15. The highest BCUT2D eigenvalue weighted by atomic mass is 19.4. The molecule has 0 saturated heterocycles. The first kappa shape index (κ1) is 15.3. The first-order valence-corrected chi connectivity index (χ1v) is 6.46. The number of halogens is 3. The highest BCUT2D eigenvalue weighted by Crippen LogP contribution is 2.32. The predicted octanol–water partition coefficient (Wildman–Crippen LogP) is 3.75. The number of hydrogen-bond acceptors (Lipinski definition) is 3. The molecular weight excluding hydrogens is 279 g/mol. The number of hydrogen-bond donors (Lipinski definition) is 0. The lowest BCUT2D eigenvalue weighted by Gasteiger charge is -2.20. The van der Waals surface area contributed by atoms with Gasteiger partial charge in [-0.05, 0) is 31.5 Å². The quantitative estimate of drug-likeness (QED) is 0.863. The van der Waals surface area contributed by atoms with Gasteiger partial charge < -0.3 is 4.90 Å². The standard InChI is InChI=1S/C15H16F3N3/c1-10-8-11(2)20-14(19-10)21(3)9-12-6-4-5-7-13(12)15(16,17)18/h4-8H,9H2,1-3H3. The van der Waals surface area contributed by atoms with Crippen molar-refractivity contribution in [1.29, 1.82) is 0 Å². The van der Waals surface area contributed by atoms with E-state index in [1.54, 1.807) is 18.0 Å². The number of aromatic nitrogens is 2. The largest absolute Gasteiger partial charge is 0.416 e. The van der Waals surface area contributed by atoms with E-state index in [2.05, 4.69) is 9.97 Å². The maximum absolute atomic E-state index is 13.0. The number of anilines is 1. The number of alkyl halides is 3. The number of aryl methyl sites for hydroxylation is 2. The highest BCUT2D eigenvalue weighted by Gasteiger charge is 2.33. The average molecular weight is 295 g/mol. The van der Waals surface area contributed by atoms with Gasteiger partial charge in [0.05, 0.1) is 5.56 Å². The summed E-state index contributed by atoms with van der Waals surface area (Å²) in [7, 11) is 1.68. The second-order valence-corrected chi connectivity index (χ2v) is 4.96. The van der Waals surface area contributed by atoms with E-state index in [0.717, 1.165) is 17.5 Å². The Morgan fingerprint density at radius 3 is 2.19 bits per heavy atom. The summed E-state index contributed by atoms with van der Waals surface area (Å²) in [4.78, 5) is 10.1. The van der Waals surface area contributed by atoms with Gasteiger partial charge in [0.25, 0.3) is 0 Å². The SMILES string of the molecule is Cc1cc(C)nc(N(C)Cc2ccccc2C(F)(F)F)n1. The van der Waals surface area contributed by atoms with Gasteiger partial charge in [0.1, 0.15) is 0 Å². The first-order chi connectivity index (χ1) is 9.77. The molecule has 0 spiro atoms. The number of benzene rings is 1. The van der Waals surface area contributed by atoms with Crippen LogP contribution in [0.4, 0.5) is 19.1 Å². The molecule has 0 saturated carbocycles. The molecule has 2 aromatic rings. The molecule has 112 valence electrons. The molecule has 0 amide bonds. The minimum Gasteiger partial charge on any atom is -0.340 e. The molecule has 0 aliphatic heterocycles. The third-order valence-corrected chi connectivity index (χ3v) is 3.04. The van der Waals surface area contributed by atoms with Crippen LogP contribution in [0.2, 0.25) is 0 Å². The Morgan fingerprint density at radius 2 is 1.62 bits per heavy atom. The van der Waals surface area contributed by atoms with Crippen molar-refractivity contribution in [2.24, 2.45) is 0 Å². The summed E-state index contributed by atoms with van der Waals surface area (Å²) < 4.78 is 38.9. The van der Waals surface area contributed by atoms with E-state index in [9.17, 15) is 13.2 Å². The van der Waals surface area contributed by atoms with Gasteiger partial charge >= 0.3 is 6.18 Å². The second-order valence-electron chi connectivity index (χ2n) is 4.96. The Labute approximate surface area is 121 Å². The van der Waals surface area contributed by atoms with Gasteiger partial charge in [0.2, 0.25) is 5.95 Å². The third-order valence-electron chi connectivity index (χ3n) is 3.04. The van der Waals surface area contributed by atoms with Gasteiger partial charge in [-0.1, -0.05) is 18.2 Å². The van der Waals surface area contributed by atoms with Crippen molar-refractivity contribution in [3.8, 4) is 0 Å². The smallest absolute Gasteiger partial charge is 0.340 e. The molecule has 0 aliphatic carbocycles. The van der Waals surface area contributed by atoms with Crippen molar-refractivity contribution in [2.45, 2.75) is 26.6 Å². The minimum absolute atomic E-state index is 0.0958. The molecule has 0 N–H and O–H groups in total. The van der Waals surface area contributed by atoms with Gasteiger partial charge in [0.15, 0.2) is 0 Å². The molecule has 3 nitrogen and oxygen atoms in total. The fourth-order valence-electron chi connectivity index (χ4n) is 2.14. The molecule has 0 atom stereocenters. The molecule has 0 aliphatic rings. The van der Waals surface area contributed by atoms with E-state index in [4.69, 9.17) is 0 Å². The van der Waals surface area contributed by atoms with Gasteiger partial charge in [-0.15, -0.1) is 0 Å². The lowest BCUT2D eigenvalue weighted by atomic mass is 10.1. The van der Waals surface area contributed by atoms with Crippen LogP contribution in [-0.2, 0) is 12.7 Å². The molecule has 1 heterocycles. The molecule has 6 heteroatoms. The van der Waals surface area contributed by atoms with Gasteiger partial charge in [0, 0.05) is 25.0 Å². The maximum atomic E-state index is 13.0. The zero-order valence-corrected chi connectivity index (χ0v) is 12.1. The average Bonchev–Trinajstić information content (AvgIpc) is 2.37. The summed E-state index contributed by atoms with van der Waals surface area (Å²) in [6.45, 7) is 3.75. The fraction of sp³-hybridized carbons (Fsp3) is 0.333. The Bertz CT molecular complexity index is 618. The second kappa shape index (κ2) is 5.71. The van der Waals surface area contributed by atoms with Crippen LogP contribution in [0.5, 0.6) is 0 Å². The van der Waals surface area contributed by atoms with E-state index in [-0.39, 0.29) is 12.1 Å². The van der Waals surface area contributed by atoms with Crippen molar-refractivity contribution in [3.63, 3.8) is 0 Å². The molecule has 0 unspecified atom stereocenters. The van der Waals surface area contributed by atoms with Crippen molar-refractivity contribution < 1.29 is 13.2 Å². The summed E-state index contributed by atoms with van der Waals surface area (Å²) in [6.07, 6.45) is -4.36. The molecule has 1 aromatic carbocycles. The van der Waals surface area contributed by atoms with E-state index in [1.165, 1.54) is 12.1 Å². The van der Waals surface area contributed by atoms with Gasteiger partial charge in [-0.25, -0.2) is 9.97 Å². The number of rotatable bonds is 3. The summed E-state index contributed by atoms with van der Waals surface area (Å²) >= 11 is 0. The summed E-state index contributed by atoms with van der Waals surface area (Å²) in [5.74, 6) is 0.421. The molecule has 2 rings (SSSR count). The first-order valence-electron chi connectivity index (χ1n) is 6.46. The molecule has 0 bridgehead atoms. The molecule has 21 heavy (non-hydrogen) atoms. The van der Waals surface area contributed by atoms with Gasteiger partial charge in [-0.3, -0.25) is 0 Å². The van der Waals surface area contributed by atoms with Crippen molar-refractivity contribution in [1.82, 2.24) is 9.97 Å². The van der Waals surface area contributed by atoms with E-state index in [1.807, 2.05) is 19.9 Å². The zero-order valence-electron chi connectivity index (χ0n) is 12.1. The lowest BCUT2D eigenvalue weighted by Crippen LogP contribution is -2.22. The van der Waals surface area contributed by atoms with Crippen molar-refractivity contribution in [3.05, 3.63) is 52.8 Å². The highest BCUT2D eigenvalue weighted by molar-refractivity contribution is 5.37. The summed E-state index contributed by atoms with van der Waals surface area (Å²) in [5, 5.41) is 0. The van der Waals surface area contributed by atoms with Crippen molar-refractivity contribution >= 4 is 5.95 Å². The minimum atomic E-state index is -4.36. The number of nitrogens with zero attached hydrogens (tertiary/aromatic N) is 3.